The van der Waals surface area contributed by atoms with Gasteiger partial charge in [-0.2, -0.15) is 0 Å². The average molecular weight is 417 g/mol. The number of nitrogens with zero attached hydrogens (tertiary/aromatic N) is 4. The van der Waals surface area contributed by atoms with E-state index in [0.717, 1.165) is 10.9 Å². The molecule has 3 heterocycles. The highest BCUT2D eigenvalue weighted by molar-refractivity contribution is 6.35. The van der Waals surface area contributed by atoms with Gasteiger partial charge in [0.2, 0.25) is 5.91 Å². The molecule has 0 bridgehead atoms. The summed E-state index contributed by atoms with van der Waals surface area (Å²) in [6, 6.07) is 6.79. The van der Waals surface area contributed by atoms with Crippen LogP contribution in [0.15, 0.2) is 28.9 Å². The number of halogens is 1. The van der Waals surface area contributed by atoms with Gasteiger partial charge in [0, 0.05) is 35.6 Å². The second kappa shape index (κ2) is 7.84. The molecule has 0 saturated carbocycles. The van der Waals surface area contributed by atoms with Crippen molar-refractivity contribution in [3.05, 3.63) is 46.4 Å². The van der Waals surface area contributed by atoms with Gasteiger partial charge in [-0.05, 0) is 32.2 Å². The van der Waals surface area contributed by atoms with Gasteiger partial charge in [-0.3, -0.25) is 14.5 Å². The van der Waals surface area contributed by atoms with E-state index in [9.17, 15) is 9.59 Å². The molecule has 4 rings (SSSR count). The molecule has 2 aromatic heterocycles. The summed E-state index contributed by atoms with van der Waals surface area (Å²) in [7, 11) is 1.87. The molecular formula is C19H21ClN6O3. The molecule has 2 amide bonds. The van der Waals surface area contributed by atoms with Crippen LogP contribution < -0.4 is 5.32 Å². The molecule has 29 heavy (non-hydrogen) atoms. The molecule has 1 atom stereocenters. The van der Waals surface area contributed by atoms with Crippen molar-refractivity contribution in [2.75, 3.05) is 26.7 Å². The molecule has 1 aliphatic heterocycles. The Labute approximate surface area is 171 Å². The largest absolute Gasteiger partial charge is 0.350 e. The van der Waals surface area contributed by atoms with Crippen LogP contribution in [0.5, 0.6) is 0 Å². The maximum atomic E-state index is 13.0. The van der Waals surface area contributed by atoms with Crippen molar-refractivity contribution in [3.63, 3.8) is 0 Å². The Kier molecular flexibility index (Phi) is 5.25. The number of aromatic nitrogens is 3. The summed E-state index contributed by atoms with van der Waals surface area (Å²) in [4.78, 5) is 32.5. The van der Waals surface area contributed by atoms with Crippen LogP contribution in [-0.2, 0) is 11.3 Å². The standard InChI is InChI=1S/C19H21ClN6O3/c1-11-16(24-29-23-11)9-21-18(27)17-10-26(7-6-25(17)2)19(28)15-8-12-13(20)4-3-5-14(12)22-15/h3-5,8,17,22H,6-7,9-10H2,1-2H3,(H,21,27)/t17-/m0/s1. The average Bonchev–Trinajstić information content (AvgIpc) is 3.33. The van der Waals surface area contributed by atoms with Crippen LogP contribution in [0.4, 0.5) is 0 Å². The number of carbonyl (C=O) groups is 2. The normalized spacial score (nSPS) is 17.6. The zero-order chi connectivity index (χ0) is 20.5. The van der Waals surface area contributed by atoms with E-state index in [0.29, 0.717) is 41.7 Å². The number of rotatable bonds is 4. The summed E-state index contributed by atoms with van der Waals surface area (Å²) in [6.07, 6.45) is 0. The first-order valence-corrected chi connectivity index (χ1v) is 9.64. The van der Waals surface area contributed by atoms with Crippen molar-refractivity contribution < 1.29 is 14.2 Å². The molecule has 1 saturated heterocycles. The quantitative estimate of drug-likeness (QED) is 0.668. The zero-order valence-electron chi connectivity index (χ0n) is 16.1. The Morgan fingerprint density at radius 2 is 2.17 bits per heavy atom. The van der Waals surface area contributed by atoms with E-state index in [1.807, 2.05) is 24.1 Å². The number of hydrogen-bond acceptors (Lipinski definition) is 6. The number of benzene rings is 1. The minimum atomic E-state index is -0.458. The van der Waals surface area contributed by atoms with E-state index < -0.39 is 6.04 Å². The van der Waals surface area contributed by atoms with Crippen LogP contribution in [0.3, 0.4) is 0 Å². The summed E-state index contributed by atoms with van der Waals surface area (Å²) in [6.45, 7) is 3.41. The van der Waals surface area contributed by atoms with E-state index >= 15 is 0 Å². The van der Waals surface area contributed by atoms with E-state index in [1.54, 1.807) is 24.0 Å². The third-order valence-electron chi connectivity index (χ3n) is 5.26. The molecule has 0 unspecified atom stereocenters. The van der Waals surface area contributed by atoms with Crippen molar-refractivity contribution >= 4 is 34.3 Å². The van der Waals surface area contributed by atoms with Gasteiger partial charge in [0.05, 0.1) is 6.54 Å². The lowest BCUT2D eigenvalue weighted by Gasteiger charge is -2.38. The van der Waals surface area contributed by atoms with E-state index in [1.165, 1.54) is 0 Å². The van der Waals surface area contributed by atoms with E-state index in [2.05, 4.69) is 25.2 Å². The molecule has 152 valence electrons. The van der Waals surface area contributed by atoms with Crippen LogP contribution in [-0.4, -0.2) is 69.6 Å². The fourth-order valence-corrected chi connectivity index (χ4v) is 3.67. The van der Waals surface area contributed by atoms with Gasteiger partial charge in [-0.1, -0.05) is 28.0 Å². The first-order valence-electron chi connectivity index (χ1n) is 9.26. The molecule has 2 N–H and O–H groups in total. The molecule has 10 heteroatoms. The van der Waals surface area contributed by atoms with Crippen LogP contribution in [0.25, 0.3) is 10.9 Å². The maximum Gasteiger partial charge on any atom is 0.270 e. The first-order chi connectivity index (χ1) is 13.9. The fourth-order valence-electron chi connectivity index (χ4n) is 3.44. The first kappa shape index (κ1) is 19.4. The highest BCUT2D eigenvalue weighted by Crippen LogP contribution is 2.25. The maximum absolute atomic E-state index is 13.0. The van der Waals surface area contributed by atoms with Crippen LogP contribution >= 0.6 is 11.6 Å². The Hall–Kier alpha value is -2.91. The Morgan fingerprint density at radius 3 is 2.90 bits per heavy atom. The van der Waals surface area contributed by atoms with Gasteiger partial charge in [0.15, 0.2) is 0 Å². The number of nitrogens with one attached hydrogen (secondary N) is 2. The van der Waals surface area contributed by atoms with Gasteiger partial charge in [-0.25, -0.2) is 4.63 Å². The van der Waals surface area contributed by atoms with Gasteiger partial charge >= 0.3 is 0 Å². The number of hydrogen-bond donors (Lipinski definition) is 2. The third kappa shape index (κ3) is 3.83. The second-order valence-corrected chi connectivity index (χ2v) is 7.55. The lowest BCUT2D eigenvalue weighted by Crippen LogP contribution is -2.58. The molecule has 1 aromatic carbocycles. The van der Waals surface area contributed by atoms with Gasteiger partial charge in [0.1, 0.15) is 23.1 Å². The summed E-state index contributed by atoms with van der Waals surface area (Å²) < 4.78 is 4.65. The summed E-state index contributed by atoms with van der Waals surface area (Å²) in [5, 5.41) is 11.7. The summed E-state index contributed by atoms with van der Waals surface area (Å²) in [5.74, 6) is -0.327. The van der Waals surface area contributed by atoms with Crippen molar-refractivity contribution in [1.29, 1.82) is 0 Å². The summed E-state index contributed by atoms with van der Waals surface area (Å²) in [5.41, 5.74) is 2.48. The number of aromatic amines is 1. The van der Waals surface area contributed by atoms with Crippen LogP contribution in [0.2, 0.25) is 5.02 Å². The highest BCUT2D eigenvalue weighted by Gasteiger charge is 2.33. The van der Waals surface area contributed by atoms with Crippen LogP contribution in [0.1, 0.15) is 21.9 Å². The van der Waals surface area contributed by atoms with Gasteiger partial charge in [-0.15, -0.1) is 0 Å². The van der Waals surface area contributed by atoms with E-state index in [-0.39, 0.29) is 18.4 Å². The molecule has 9 nitrogen and oxygen atoms in total. The topological polar surface area (TPSA) is 107 Å². The smallest absolute Gasteiger partial charge is 0.270 e. The van der Waals surface area contributed by atoms with Crippen LogP contribution in [0, 0.1) is 6.92 Å². The number of H-pyrrole nitrogens is 1. The van der Waals surface area contributed by atoms with Gasteiger partial charge < -0.3 is 15.2 Å². The lowest BCUT2D eigenvalue weighted by atomic mass is 10.1. The van der Waals surface area contributed by atoms with Crippen molar-refractivity contribution in [3.8, 4) is 0 Å². The Morgan fingerprint density at radius 1 is 1.34 bits per heavy atom. The van der Waals surface area contributed by atoms with Crippen molar-refractivity contribution in [2.24, 2.45) is 0 Å². The Bertz CT molecular complexity index is 1060. The van der Waals surface area contributed by atoms with Crippen molar-refractivity contribution in [2.45, 2.75) is 19.5 Å². The molecule has 0 spiro atoms. The predicted octanol–water partition coefficient (Wildman–Crippen LogP) is 1.59. The van der Waals surface area contributed by atoms with Gasteiger partial charge in [0.25, 0.3) is 5.91 Å². The van der Waals surface area contributed by atoms with Crippen molar-refractivity contribution in [1.82, 2.24) is 30.4 Å². The number of fused-ring (bicyclic) bond motifs is 1. The minimum Gasteiger partial charge on any atom is -0.350 e. The Balaban J connectivity index is 1.45. The summed E-state index contributed by atoms with van der Waals surface area (Å²) >= 11 is 6.21. The highest BCUT2D eigenvalue weighted by atomic mass is 35.5. The monoisotopic (exact) mass is 416 g/mol. The number of likely N-dealkylation sites (N-methyl/N-ethyl adjacent to an activating group) is 1. The number of aryl methyl sites for hydroxylation is 1. The van der Waals surface area contributed by atoms with E-state index in [4.69, 9.17) is 11.6 Å². The second-order valence-electron chi connectivity index (χ2n) is 7.15. The molecule has 1 fully saturated rings. The molecular weight excluding hydrogens is 396 g/mol. The fraction of sp³-hybridized carbons (Fsp3) is 0.368. The molecule has 1 aliphatic rings. The minimum absolute atomic E-state index is 0.153. The SMILES string of the molecule is Cc1nonc1CNC(=O)[C@@H]1CN(C(=O)c2cc3c(Cl)cccc3[nH]2)CCN1C. The third-order valence-corrected chi connectivity index (χ3v) is 5.59. The number of amides is 2. The molecule has 3 aromatic rings. The predicted molar refractivity (Wildman–Crippen MR) is 107 cm³/mol. The zero-order valence-corrected chi connectivity index (χ0v) is 16.9. The lowest BCUT2D eigenvalue weighted by molar-refractivity contribution is -0.127. The molecule has 0 radical (unpaired) electrons. The molecule has 0 aliphatic carbocycles. The number of carbonyl (C=O) groups excluding carboxylic acids is 2. The number of piperazine rings is 1.